The summed E-state index contributed by atoms with van der Waals surface area (Å²) in [6.07, 6.45) is 0. The van der Waals surface area contributed by atoms with E-state index in [0.717, 1.165) is 5.56 Å². The van der Waals surface area contributed by atoms with E-state index >= 15 is 0 Å². The maximum absolute atomic E-state index is 11.3. The van der Waals surface area contributed by atoms with Crippen LogP contribution >= 0.6 is 0 Å². The highest BCUT2D eigenvalue weighted by Gasteiger charge is 2.09. The number of ether oxygens (including phenoxy) is 1. The monoisotopic (exact) mass is 221 g/mol. The van der Waals surface area contributed by atoms with Crippen LogP contribution in [0.15, 0.2) is 35.3 Å². The number of esters is 1. The third kappa shape index (κ3) is 3.70. The van der Waals surface area contributed by atoms with Crippen LogP contribution in [0.3, 0.4) is 0 Å². The molecule has 0 amide bonds. The zero-order valence-electron chi connectivity index (χ0n) is 9.14. The molecule has 0 radical (unpaired) electrons. The van der Waals surface area contributed by atoms with Gasteiger partial charge in [0.15, 0.2) is 0 Å². The van der Waals surface area contributed by atoms with Crippen LogP contribution in [0.2, 0.25) is 0 Å². The molecule has 1 aromatic rings. The summed E-state index contributed by atoms with van der Waals surface area (Å²) in [5.74, 6) is 4.68. The lowest BCUT2D eigenvalue weighted by Gasteiger charge is -2.04. The molecule has 0 heterocycles. The topological polar surface area (TPSA) is 76.7 Å². The Morgan fingerprint density at radius 1 is 1.44 bits per heavy atom. The number of hydrazine groups is 1. The summed E-state index contributed by atoms with van der Waals surface area (Å²) in [4.78, 5) is 15.3. The number of amidine groups is 1. The van der Waals surface area contributed by atoms with Gasteiger partial charge in [0.05, 0.1) is 13.2 Å². The van der Waals surface area contributed by atoms with E-state index in [-0.39, 0.29) is 5.84 Å². The van der Waals surface area contributed by atoms with Gasteiger partial charge in [-0.05, 0) is 12.5 Å². The Hall–Kier alpha value is -1.88. The van der Waals surface area contributed by atoms with E-state index in [1.807, 2.05) is 30.3 Å². The molecule has 0 aliphatic rings. The summed E-state index contributed by atoms with van der Waals surface area (Å²) in [6, 6.07) is 9.57. The summed E-state index contributed by atoms with van der Waals surface area (Å²) in [5, 5.41) is 0. The molecule has 5 heteroatoms. The first kappa shape index (κ1) is 12.2. The first-order chi connectivity index (χ1) is 7.77. The quantitative estimate of drug-likeness (QED) is 0.258. The van der Waals surface area contributed by atoms with Gasteiger partial charge in [-0.3, -0.25) is 4.99 Å². The van der Waals surface area contributed by atoms with Crippen molar-refractivity contribution < 1.29 is 9.53 Å². The molecule has 0 bridgehead atoms. The summed E-state index contributed by atoms with van der Waals surface area (Å²) in [5.41, 5.74) is 3.23. The third-order valence-electron chi connectivity index (χ3n) is 1.87. The lowest BCUT2D eigenvalue weighted by Crippen LogP contribution is -2.37. The van der Waals surface area contributed by atoms with Gasteiger partial charge in [0.25, 0.3) is 0 Å². The fraction of sp³-hybridized carbons (Fsp3) is 0.273. The molecular weight excluding hydrogens is 206 g/mol. The molecule has 86 valence electrons. The number of nitrogens with one attached hydrogen (secondary N) is 1. The zero-order chi connectivity index (χ0) is 11.8. The smallest absolute Gasteiger partial charge is 0.374 e. The summed E-state index contributed by atoms with van der Waals surface area (Å²) in [6.45, 7) is 2.41. The fourth-order valence-corrected chi connectivity index (χ4v) is 1.12. The lowest BCUT2D eigenvalue weighted by atomic mass is 10.2. The summed E-state index contributed by atoms with van der Waals surface area (Å²) >= 11 is 0. The highest BCUT2D eigenvalue weighted by Crippen LogP contribution is 2.00. The lowest BCUT2D eigenvalue weighted by molar-refractivity contribution is -0.135. The Balaban J connectivity index is 2.63. The fourth-order valence-electron chi connectivity index (χ4n) is 1.12. The van der Waals surface area contributed by atoms with Gasteiger partial charge in [0, 0.05) is 0 Å². The van der Waals surface area contributed by atoms with Gasteiger partial charge in [-0.15, -0.1) is 0 Å². The van der Waals surface area contributed by atoms with Gasteiger partial charge < -0.3 is 10.2 Å². The number of benzene rings is 1. The number of hydrogen-bond acceptors (Lipinski definition) is 4. The molecule has 0 spiro atoms. The average Bonchev–Trinajstić information content (AvgIpc) is 2.31. The van der Waals surface area contributed by atoms with Crippen LogP contribution in [0, 0.1) is 0 Å². The van der Waals surface area contributed by atoms with Gasteiger partial charge in [-0.25, -0.2) is 10.6 Å². The number of carbonyl (C=O) groups excluding carboxylic acids is 1. The Morgan fingerprint density at radius 3 is 2.69 bits per heavy atom. The average molecular weight is 221 g/mol. The van der Waals surface area contributed by atoms with E-state index in [0.29, 0.717) is 13.2 Å². The van der Waals surface area contributed by atoms with Gasteiger partial charge in [0.2, 0.25) is 5.84 Å². The minimum atomic E-state index is -0.541. The molecule has 16 heavy (non-hydrogen) atoms. The first-order valence-corrected chi connectivity index (χ1v) is 5.00. The second-order valence-corrected chi connectivity index (χ2v) is 3.02. The van der Waals surface area contributed by atoms with E-state index in [1.54, 1.807) is 6.92 Å². The number of rotatable bonds is 3. The van der Waals surface area contributed by atoms with Crippen LogP contribution in [0.25, 0.3) is 0 Å². The third-order valence-corrected chi connectivity index (χ3v) is 1.87. The Labute approximate surface area is 94.3 Å². The SMILES string of the molecule is CCOC(=O)C(=NCc1ccccc1)NN. The predicted octanol–water partition coefficient (Wildman–Crippen LogP) is 0.612. The number of nitrogens with two attached hydrogens (primary N) is 1. The Kier molecular flexibility index (Phi) is 5.01. The van der Waals surface area contributed by atoms with Crippen molar-refractivity contribution in [3.05, 3.63) is 35.9 Å². The van der Waals surface area contributed by atoms with Gasteiger partial charge >= 0.3 is 5.97 Å². The molecule has 0 fully saturated rings. The van der Waals surface area contributed by atoms with Crippen molar-refractivity contribution in [1.82, 2.24) is 5.43 Å². The molecule has 1 aromatic carbocycles. The van der Waals surface area contributed by atoms with Crippen molar-refractivity contribution in [2.24, 2.45) is 10.8 Å². The molecule has 0 saturated heterocycles. The van der Waals surface area contributed by atoms with Gasteiger partial charge in [-0.2, -0.15) is 0 Å². The Bertz CT molecular complexity index is 363. The molecule has 0 aliphatic carbocycles. The van der Waals surface area contributed by atoms with Crippen molar-refractivity contribution in [3.63, 3.8) is 0 Å². The largest absolute Gasteiger partial charge is 0.460 e. The molecule has 0 saturated carbocycles. The molecule has 5 nitrogen and oxygen atoms in total. The second kappa shape index (κ2) is 6.58. The number of aliphatic imine (C=N–C) groups is 1. The number of nitrogens with zero attached hydrogens (tertiary/aromatic N) is 1. The zero-order valence-corrected chi connectivity index (χ0v) is 9.14. The minimum Gasteiger partial charge on any atom is -0.460 e. The standard InChI is InChI=1S/C11H15N3O2/c1-2-16-11(15)10(14-12)13-8-9-6-4-3-5-7-9/h3-7H,2,8,12H2,1H3,(H,13,14). The van der Waals surface area contributed by atoms with Crippen molar-refractivity contribution >= 4 is 11.8 Å². The van der Waals surface area contributed by atoms with Crippen molar-refractivity contribution in [2.75, 3.05) is 6.61 Å². The Morgan fingerprint density at radius 2 is 2.12 bits per heavy atom. The second-order valence-electron chi connectivity index (χ2n) is 3.02. The highest BCUT2D eigenvalue weighted by atomic mass is 16.5. The summed E-state index contributed by atoms with van der Waals surface area (Å²) in [7, 11) is 0. The van der Waals surface area contributed by atoms with Crippen molar-refractivity contribution in [3.8, 4) is 0 Å². The number of carbonyl (C=O) groups is 1. The van der Waals surface area contributed by atoms with E-state index in [4.69, 9.17) is 10.6 Å². The maximum atomic E-state index is 11.3. The minimum absolute atomic E-state index is 0.0331. The molecule has 3 N–H and O–H groups in total. The molecule has 0 atom stereocenters. The van der Waals surface area contributed by atoms with Crippen LogP contribution in [-0.4, -0.2) is 18.4 Å². The highest BCUT2D eigenvalue weighted by molar-refractivity contribution is 6.35. The van der Waals surface area contributed by atoms with Crippen LogP contribution in [-0.2, 0) is 16.1 Å². The maximum Gasteiger partial charge on any atom is 0.374 e. The molecule has 0 aromatic heterocycles. The van der Waals surface area contributed by atoms with E-state index in [1.165, 1.54) is 0 Å². The van der Waals surface area contributed by atoms with Crippen LogP contribution in [0.1, 0.15) is 12.5 Å². The van der Waals surface area contributed by atoms with Gasteiger partial charge in [0.1, 0.15) is 0 Å². The molecule has 0 unspecified atom stereocenters. The van der Waals surface area contributed by atoms with E-state index < -0.39 is 5.97 Å². The van der Waals surface area contributed by atoms with Crippen LogP contribution < -0.4 is 11.3 Å². The van der Waals surface area contributed by atoms with E-state index in [9.17, 15) is 4.79 Å². The molecule has 1 rings (SSSR count). The van der Waals surface area contributed by atoms with Crippen molar-refractivity contribution in [1.29, 1.82) is 0 Å². The van der Waals surface area contributed by atoms with E-state index in [2.05, 4.69) is 10.4 Å². The predicted molar refractivity (Wildman–Crippen MR) is 61.5 cm³/mol. The molecule has 0 aliphatic heterocycles. The summed E-state index contributed by atoms with van der Waals surface area (Å²) < 4.78 is 4.77. The number of hydrogen-bond donors (Lipinski definition) is 2. The molecular formula is C11H15N3O2. The van der Waals surface area contributed by atoms with Crippen molar-refractivity contribution in [2.45, 2.75) is 13.5 Å². The normalized spacial score (nSPS) is 11.0. The van der Waals surface area contributed by atoms with Crippen LogP contribution in [0.4, 0.5) is 0 Å². The van der Waals surface area contributed by atoms with Crippen LogP contribution in [0.5, 0.6) is 0 Å². The van der Waals surface area contributed by atoms with Gasteiger partial charge in [-0.1, -0.05) is 30.3 Å². The first-order valence-electron chi connectivity index (χ1n) is 5.00.